The highest BCUT2D eigenvalue weighted by atomic mass is 19.1. The number of rotatable bonds is 7. The van der Waals surface area contributed by atoms with Crippen molar-refractivity contribution < 1.29 is 23.3 Å². The van der Waals surface area contributed by atoms with Gasteiger partial charge in [-0.3, -0.25) is 0 Å². The van der Waals surface area contributed by atoms with E-state index in [4.69, 9.17) is 30.4 Å². The second-order valence-corrected chi connectivity index (χ2v) is 10.4. The predicted molar refractivity (Wildman–Crippen MR) is 163 cm³/mol. The van der Waals surface area contributed by atoms with Gasteiger partial charge in [0.15, 0.2) is 11.5 Å². The first kappa shape index (κ1) is 27.1. The highest BCUT2D eigenvalue weighted by Crippen LogP contribution is 2.33. The van der Waals surface area contributed by atoms with E-state index in [-0.39, 0.29) is 11.9 Å². The summed E-state index contributed by atoms with van der Waals surface area (Å²) in [6.45, 7) is 1.99. The average Bonchev–Trinajstić information content (AvgIpc) is 2.83. The molecule has 0 radical (unpaired) electrons. The first-order chi connectivity index (χ1) is 17.5. The molecule has 1 atom stereocenters. The second-order valence-electron chi connectivity index (χ2n) is 10.4. The van der Waals surface area contributed by atoms with E-state index in [1.165, 1.54) is 6.07 Å². The Kier molecular flexibility index (Phi) is 7.90. The molecule has 0 amide bonds. The van der Waals surface area contributed by atoms with E-state index in [2.05, 4.69) is 4.98 Å². The number of pyridine rings is 1. The topological polar surface area (TPSA) is 102 Å². The zero-order chi connectivity index (χ0) is 26.9. The molecule has 1 aromatic heterocycles. The van der Waals surface area contributed by atoms with Crippen LogP contribution in [-0.2, 0) is 9.47 Å². The van der Waals surface area contributed by atoms with Gasteiger partial charge in [0.25, 0.3) is 0 Å². The fourth-order valence-electron chi connectivity index (χ4n) is 4.52. The van der Waals surface area contributed by atoms with Crippen LogP contribution in [0.4, 0.5) is 15.9 Å². The highest BCUT2D eigenvalue weighted by molar-refractivity contribution is 6.59. The Hall–Kier alpha value is -2.97. The van der Waals surface area contributed by atoms with Gasteiger partial charge in [0.05, 0.1) is 19.8 Å². The zero-order valence-electron chi connectivity index (χ0n) is 22.4. The number of benzene rings is 2. The molecule has 2 aromatic carbocycles. The molecule has 0 spiro atoms. The fourth-order valence-corrected chi connectivity index (χ4v) is 4.52. The summed E-state index contributed by atoms with van der Waals surface area (Å²) in [5.74, 6) is 1.11. The van der Waals surface area contributed by atoms with Crippen molar-refractivity contribution in [2.24, 2.45) is 0 Å². The van der Waals surface area contributed by atoms with Crippen molar-refractivity contribution in [2.45, 2.75) is 11.4 Å². The van der Waals surface area contributed by atoms with Gasteiger partial charge < -0.3 is 30.4 Å². The van der Waals surface area contributed by atoms with Gasteiger partial charge in [0.1, 0.15) is 71.4 Å². The molecule has 0 unspecified atom stereocenters. The summed E-state index contributed by atoms with van der Waals surface area (Å²) in [5.41, 5.74) is 17.7. The Labute approximate surface area is 222 Å². The molecule has 186 valence electrons. The fraction of sp³-hybridized carbons (Fsp3) is 0.261. The molecule has 1 saturated heterocycles. The normalized spacial score (nSPS) is 15.9. The molecule has 0 aliphatic carbocycles. The van der Waals surface area contributed by atoms with Crippen molar-refractivity contribution in [1.29, 1.82) is 0 Å². The van der Waals surface area contributed by atoms with Crippen molar-refractivity contribution in [3.05, 3.63) is 36.3 Å². The lowest BCUT2D eigenvalue weighted by Gasteiger charge is -2.30. The van der Waals surface area contributed by atoms with Gasteiger partial charge in [0.2, 0.25) is 0 Å². The summed E-state index contributed by atoms with van der Waals surface area (Å²) < 4.78 is 38.9. The van der Waals surface area contributed by atoms with Gasteiger partial charge in [-0.05, 0) is 46.3 Å². The number of ether oxygens (including phenoxy) is 4. The van der Waals surface area contributed by atoms with Gasteiger partial charge in [-0.15, -0.1) is 0 Å². The Bertz CT molecular complexity index is 1320. The van der Waals surface area contributed by atoms with Crippen LogP contribution in [0.5, 0.6) is 11.5 Å². The second kappa shape index (κ2) is 10.8. The number of hydrogen-bond donors (Lipinski definition) is 2. The zero-order valence-corrected chi connectivity index (χ0v) is 22.4. The van der Waals surface area contributed by atoms with Crippen LogP contribution in [0.3, 0.4) is 0 Å². The van der Waals surface area contributed by atoms with Crippen LogP contribution >= 0.6 is 0 Å². The van der Waals surface area contributed by atoms with Gasteiger partial charge in [-0.1, -0.05) is 5.46 Å². The molecule has 1 fully saturated rings. The van der Waals surface area contributed by atoms with Crippen LogP contribution in [0, 0.1) is 5.82 Å². The molecule has 3 aromatic rings. The monoisotopic (exact) mass is 497 g/mol. The van der Waals surface area contributed by atoms with Crippen molar-refractivity contribution in [1.82, 2.24) is 4.98 Å². The third-order valence-corrected chi connectivity index (χ3v) is 6.40. The first-order valence-corrected chi connectivity index (χ1v) is 12.4. The molecule has 0 saturated carbocycles. The smallest absolute Gasteiger partial charge is 0.153 e. The van der Waals surface area contributed by atoms with E-state index >= 15 is 0 Å². The van der Waals surface area contributed by atoms with Crippen LogP contribution < -0.4 is 37.3 Å². The minimum absolute atomic E-state index is 0.144. The molecule has 37 heavy (non-hydrogen) atoms. The standard InChI is InChI=1S/C23H30B6FN3O4/c24-17-16(10-5-14(22(32)33-7-10)13-2-1-11(31)6-15(13)30)18(25)21(37-23(27,28)29)20(19(17)26)36-9-12-8-34-3-4-35-12/h1-2,5-7,12H,3-4,8-9,24-29,31H2,(H2,32,33)/t12-/m1/s1. The number of aromatic nitrogens is 1. The lowest BCUT2D eigenvalue weighted by atomic mass is 9.52. The molecule has 4 N–H and O–H groups in total. The summed E-state index contributed by atoms with van der Waals surface area (Å²) in [6.07, 6.45) is 1.56. The van der Waals surface area contributed by atoms with Gasteiger partial charge in [-0.25, -0.2) is 9.37 Å². The molecule has 4 rings (SSSR count). The number of nitrogens with two attached hydrogens (primary N) is 2. The van der Waals surface area contributed by atoms with Crippen LogP contribution in [0.15, 0.2) is 30.5 Å². The summed E-state index contributed by atoms with van der Waals surface area (Å²) in [6, 6.07) is 6.41. The molecular formula is C23H30B6FN3O4. The number of anilines is 2. The highest BCUT2D eigenvalue weighted by Gasteiger charge is 2.26. The number of halogens is 1. The van der Waals surface area contributed by atoms with Crippen LogP contribution in [-0.4, -0.2) is 89.9 Å². The summed E-state index contributed by atoms with van der Waals surface area (Å²) >= 11 is 0. The van der Waals surface area contributed by atoms with E-state index in [1.807, 2.05) is 53.1 Å². The maximum absolute atomic E-state index is 14.8. The number of nitrogens with zero attached hydrogens (tertiary/aromatic N) is 1. The Morgan fingerprint density at radius 3 is 2.41 bits per heavy atom. The Morgan fingerprint density at radius 1 is 1.00 bits per heavy atom. The quantitative estimate of drug-likeness (QED) is 0.250. The number of hydrogen-bond acceptors (Lipinski definition) is 7. The molecule has 7 nitrogen and oxygen atoms in total. The molecule has 1 aliphatic heterocycles. The molecule has 1 aliphatic rings. The van der Waals surface area contributed by atoms with E-state index in [1.54, 1.807) is 18.3 Å². The maximum atomic E-state index is 14.8. The molecule has 14 heteroatoms. The maximum Gasteiger partial charge on any atom is 0.153 e. The van der Waals surface area contributed by atoms with Crippen molar-refractivity contribution in [3.63, 3.8) is 0 Å². The van der Waals surface area contributed by atoms with E-state index in [9.17, 15) is 4.39 Å². The van der Waals surface area contributed by atoms with Crippen LogP contribution in [0.1, 0.15) is 0 Å². The molecule has 0 bridgehead atoms. The summed E-state index contributed by atoms with van der Waals surface area (Å²) in [4.78, 5) is 4.41. The Balaban J connectivity index is 1.83. The van der Waals surface area contributed by atoms with Crippen molar-refractivity contribution >= 4 is 75.0 Å². The first-order valence-electron chi connectivity index (χ1n) is 12.4. The lowest BCUT2D eigenvalue weighted by molar-refractivity contribution is -0.101. The largest absolute Gasteiger partial charge is 0.511 e. The molecule has 2 heterocycles. The predicted octanol–water partition coefficient (Wildman–Crippen LogP) is -4.82. The number of nitrogen functional groups attached to an aromatic ring is 2. The summed E-state index contributed by atoms with van der Waals surface area (Å²) in [7, 11) is 12.0. The minimum atomic E-state index is -0.468. The Morgan fingerprint density at radius 2 is 1.76 bits per heavy atom. The minimum Gasteiger partial charge on any atom is -0.511 e. The van der Waals surface area contributed by atoms with Gasteiger partial charge in [-0.2, -0.15) is 0 Å². The summed E-state index contributed by atoms with van der Waals surface area (Å²) in [5, 5.41) is -0.468. The van der Waals surface area contributed by atoms with E-state index in [0.717, 1.165) is 27.5 Å². The SMILES string of the molecule is Bc1c(B)c(-c2cnc(N)c(-c3ccc(N)cc3F)c2)c(B)c(OC(B)(B)B)c1OC[C@H]1COCCO1. The van der Waals surface area contributed by atoms with E-state index in [0.29, 0.717) is 54.7 Å². The average molecular weight is 496 g/mol. The van der Waals surface area contributed by atoms with Crippen molar-refractivity contribution in [3.8, 4) is 33.8 Å². The van der Waals surface area contributed by atoms with Crippen LogP contribution in [0.25, 0.3) is 22.3 Å². The molecular weight excluding hydrogens is 466 g/mol. The van der Waals surface area contributed by atoms with Crippen LogP contribution in [0.2, 0.25) is 0 Å². The van der Waals surface area contributed by atoms with Gasteiger partial charge >= 0.3 is 0 Å². The third kappa shape index (κ3) is 5.96. The van der Waals surface area contributed by atoms with Crippen molar-refractivity contribution in [2.75, 3.05) is 37.9 Å². The third-order valence-electron chi connectivity index (χ3n) is 6.40. The lowest BCUT2D eigenvalue weighted by Crippen LogP contribution is -2.43. The van der Waals surface area contributed by atoms with E-state index < -0.39 is 11.1 Å². The van der Waals surface area contributed by atoms with Gasteiger partial charge in [0, 0.05) is 28.3 Å².